The maximum atomic E-state index is 9.46. The van der Waals surface area contributed by atoms with Crippen LogP contribution in [-0.2, 0) is 0 Å². The third kappa shape index (κ3) is 3.24. The van der Waals surface area contributed by atoms with Crippen LogP contribution in [-0.4, -0.2) is 11.2 Å². The summed E-state index contributed by atoms with van der Waals surface area (Å²) in [6.07, 6.45) is 6.29. The van der Waals surface area contributed by atoms with Crippen LogP contribution in [0.2, 0.25) is 0 Å². The Bertz CT molecular complexity index is 107. The number of rotatable bonds is 5. The van der Waals surface area contributed by atoms with Gasteiger partial charge in [-0.3, -0.25) is 0 Å². The zero-order chi connectivity index (χ0) is 8.27. The van der Waals surface area contributed by atoms with E-state index in [4.69, 9.17) is 0 Å². The standard InChI is InChI=1S/C10H20O/c1-3-10(11)8(2)4-5-9-6-7-9/h8-11H,3-7H2,1-2H3. The SMILES string of the molecule is CCC(O)C(C)CCC1CC1. The van der Waals surface area contributed by atoms with Crippen molar-refractivity contribution in [3.05, 3.63) is 0 Å². The van der Waals surface area contributed by atoms with Gasteiger partial charge in [0.1, 0.15) is 0 Å². The molecular weight excluding hydrogens is 136 g/mol. The normalized spacial score (nSPS) is 23.2. The zero-order valence-electron chi connectivity index (χ0n) is 7.71. The quantitative estimate of drug-likeness (QED) is 0.648. The van der Waals surface area contributed by atoms with E-state index in [1.54, 1.807) is 0 Å². The minimum Gasteiger partial charge on any atom is -0.393 e. The first-order valence-electron chi connectivity index (χ1n) is 4.92. The zero-order valence-corrected chi connectivity index (χ0v) is 7.71. The fourth-order valence-electron chi connectivity index (χ4n) is 1.50. The lowest BCUT2D eigenvalue weighted by atomic mass is 9.96. The Labute approximate surface area is 69.8 Å². The smallest absolute Gasteiger partial charge is 0.0563 e. The Kier molecular flexibility index (Phi) is 3.38. The van der Waals surface area contributed by atoms with E-state index in [0.717, 1.165) is 12.3 Å². The molecule has 0 aromatic heterocycles. The van der Waals surface area contributed by atoms with E-state index in [1.165, 1.54) is 25.7 Å². The predicted molar refractivity (Wildman–Crippen MR) is 47.4 cm³/mol. The second-order valence-corrected chi connectivity index (χ2v) is 3.97. The lowest BCUT2D eigenvalue weighted by molar-refractivity contribution is 0.106. The van der Waals surface area contributed by atoms with Crippen LogP contribution < -0.4 is 0 Å². The van der Waals surface area contributed by atoms with Gasteiger partial charge in [-0.25, -0.2) is 0 Å². The molecule has 2 unspecified atom stereocenters. The van der Waals surface area contributed by atoms with E-state index in [1.807, 2.05) is 0 Å². The highest BCUT2D eigenvalue weighted by Crippen LogP contribution is 2.35. The van der Waals surface area contributed by atoms with Crippen LogP contribution in [0.25, 0.3) is 0 Å². The van der Waals surface area contributed by atoms with E-state index < -0.39 is 0 Å². The third-order valence-corrected chi connectivity index (χ3v) is 2.80. The molecule has 66 valence electrons. The van der Waals surface area contributed by atoms with Gasteiger partial charge in [0.05, 0.1) is 6.10 Å². The van der Waals surface area contributed by atoms with Crippen molar-refractivity contribution in [3.8, 4) is 0 Å². The van der Waals surface area contributed by atoms with Gasteiger partial charge in [0, 0.05) is 0 Å². The average Bonchev–Trinajstić information content (AvgIpc) is 2.81. The number of aliphatic hydroxyl groups is 1. The summed E-state index contributed by atoms with van der Waals surface area (Å²) in [5, 5.41) is 9.46. The van der Waals surface area contributed by atoms with Crippen LogP contribution in [0.3, 0.4) is 0 Å². The fourth-order valence-corrected chi connectivity index (χ4v) is 1.50. The van der Waals surface area contributed by atoms with Crippen molar-refractivity contribution in [1.82, 2.24) is 0 Å². The topological polar surface area (TPSA) is 20.2 Å². The minimum atomic E-state index is -0.0613. The number of aliphatic hydroxyl groups excluding tert-OH is 1. The Morgan fingerprint density at radius 3 is 2.55 bits per heavy atom. The molecule has 1 nitrogen and oxygen atoms in total. The molecule has 2 atom stereocenters. The van der Waals surface area contributed by atoms with E-state index in [-0.39, 0.29) is 6.10 Å². The molecule has 0 heterocycles. The molecule has 0 aromatic rings. The Hall–Kier alpha value is -0.0400. The molecule has 1 N–H and O–H groups in total. The molecule has 11 heavy (non-hydrogen) atoms. The molecule has 0 aliphatic heterocycles. The van der Waals surface area contributed by atoms with Gasteiger partial charge in [-0.2, -0.15) is 0 Å². The largest absolute Gasteiger partial charge is 0.393 e. The molecule has 0 radical (unpaired) electrons. The van der Waals surface area contributed by atoms with Crippen molar-refractivity contribution >= 4 is 0 Å². The van der Waals surface area contributed by atoms with E-state index in [2.05, 4.69) is 13.8 Å². The van der Waals surface area contributed by atoms with E-state index in [0.29, 0.717) is 5.92 Å². The maximum absolute atomic E-state index is 9.46. The maximum Gasteiger partial charge on any atom is 0.0563 e. The average molecular weight is 156 g/mol. The molecule has 0 amide bonds. The summed E-state index contributed by atoms with van der Waals surface area (Å²) in [7, 11) is 0. The number of hydrogen-bond acceptors (Lipinski definition) is 1. The van der Waals surface area contributed by atoms with Gasteiger partial charge < -0.3 is 5.11 Å². The first kappa shape index (κ1) is 9.05. The van der Waals surface area contributed by atoms with Gasteiger partial charge in [-0.05, 0) is 24.7 Å². The molecule has 1 rings (SSSR count). The molecule has 1 fully saturated rings. The summed E-state index contributed by atoms with van der Waals surface area (Å²) >= 11 is 0. The van der Waals surface area contributed by atoms with Crippen molar-refractivity contribution < 1.29 is 5.11 Å². The molecule has 0 aromatic carbocycles. The summed E-state index contributed by atoms with van der Waals surface area (Å²) in [4.78, 5) is 0. The van der Waals surface area contributed by atoms with E-state index >= 15 is 0 Å². The Balaban J connectivity index is 2.03. The summed E-state index contributed by atoms with van der Waals surface area (Å²) < 4.78 is 0. The summed E-state index contributed by atoms with van der Waals surface area (Å²) in [6, 6.07) is 0. The highest BCUT2D eigenvalue weighted by atomic mass is 16.3. The summed E-state index contributed by atoms with van der Waals surface area (Å²) in [6.45, 7) is 4.22. The van der Waals surface area contributed by atoms with Crippen LogP contribution in [0, 0.1) is 11.8 Å². The molecule has 0 bridgehead atoms. The van der Waals surface area contributed by atoms with Crippen molar-refractivity contribution in [3.63, 3.8) is 0 Å². The fraction of sp³-hybridized carbons (Fsp3) is 1.00. The van der Waals surface area contributed by atoms with Crippen molar-refractivity contribution in [2.45, 2.75) is 52.1 Å². The van der Waals surface area contributed by atoms with Gasteiger partial charge >= 0.3 is 0 Å². The van der Waals surface area contributed by atoms with Crippen molar-refractivity contribution in [2.75, 3.05) is 0 Å². The van der Waals surface area contributed by atoms with Crippen LogP contribution in [0.5, 0.6) is 0 Å². The molecule has 0 saturated heterocycles. The van der Waals surface area contributed by atoms with Gasteiger partial charge in [0.15, 0.2) is 0 Å². The van der Waals surface area contributed by atoms with Crippen LogP contribution in [0.15, 0.2) is 0 Å². The lowest BCUT2D eigenvalue weighted by Gasteiger charge is -2.16. The van der Waals surface area contributed by atoms with Crippen molar-refractivity contribution in [2.24, 2.45) is 11.8 Å². The van der Waals surface area contributed by atoms with Crippen LogP contribution >= 0.6 is 0 Å². The first-order valence-corrected chi connectivity index (χ1v) is 4.92. The highest BCUT2D eigenvalue weighted by molar-refractivity contribution is 4.75. The van der Waals surface area contributed by atoms with Gasteiger partial charge in [-0.1, -0.05) is 33.1 Å². The lowest BCUT2D eigenvalue weighted by Crippen LogP contribution is -2.16. The molecule has 1 heteroatoms. The van der Waals surface area contributed by atoms with Gasteiger partial charge in [0.25, 0.3) is 0 Å². The van der Waals surface area contributed by atoms with Gasteiger partial charge in [-0.15, -0.1) is 0 Å². The van der Waals surface area contributed by atoms with Crippen LogP contribution in [0.1, 0.15) is 46.0 Å². The van der Waals surface area contributed by atoms with Crippen molar-refractivity contribution in [1.29, 1.82) is 0 Å². The molecular formula is C10H20O. The molecule has 1 aliphatic carbocycles. The number of hydrogen-bond donors (Lipinski definition) is 1. The molecule has 1 aliphatic rings. The monoisotopic (exact) mass is 156 g/mol. The summed E-state index contributed by atoms with van der Waals surface area (Å²) in [5.74, 6) is 1.53. The van der Waals surface area contributed by atoms with Crippen LogP contribution in [0.4, 0.5) is 0 Å². The molecule has 0 spiro atoms. The molecule has 1 saturated carbocycles. The highest BCUT2D eigenvalue weighted by Gasteiger charge is 2.22. The minimum absolute atomic E-state index is 0.0613. The Morgan fingerprint density at radius 1 is 1.45 bits per heavy atom. The third-order valence-electron chi connectivity index (χ3n) is 2.80. The summed E-state index contributed by atoms with van der Waals surface area (Å²) in [5.41, 5.74) is 0. The Morgan fingerprint density at radius 2 is 2.09 bits per heavy atom. The first-order chi connectivity index (χ1) is 5.24. The van der Waals surface area contributed by atoms with Gasteiger partial charge in [0.2, 0.25) is 0 Å². The predicted octanol–water partition coefficient (Wildman–Crippen LogP) is 2.58. The second-order valence-electron chi connectivity index (χ2n) is 3.97. The van der Waals surface area contributed by atoms with E-state index in [9.17, 15) is 5.11 Å². The second kappa shape index (κ2) is 4.10.